The van der Waals surface area contributed by atoms with Crippen LogP contribution in [0.3, 0.4) is 0 Å². The van der Waals surface area contributed by atoms with E-state index in [1.807, 2.05) is 0 Å². The first kappa shape index (κ1) is 13.1. The average Bonchev–Trinajstić information content (AvgIpc) is 2.47. The van der Waals surface area contributed by atoms with Gasteiger partial charge in [-0.25, -0.2) is 14.2 Å². The number of fused-ring (bicyclic) bond motifs is 1. The molecular weight excluding hydrogens is 273 g/mol. The summed E-state index contributed by atoms with van der Waals surface area (Å²) in [6.07, 6.45) is 0. The average molecular weight is 283 g/mol. The Labute approximate surface area is 119 Å². The highest BCUT2D eigenvalue weighted by Gasteiger charge is 2.15. The number of carbonyl (C=O) groups is 1. The fourth-order valence-corrected chi connectivity index (χ4v) is 2.17. The minimum atomic E-state index is -1.15. The van der Waals surface area contributed by atoms with Gasteiger partial charge in [0.25, 0.3) is 0 Å². The van der Waals surface area contributed by atoms with E-state index in [0.717, 1.165) is 0 Å². The van der Waals surface area contributed by atoms with E-state index in [0.29, 0.717) is 11.3 Å². The minimum absolute atomic E-state index is 0.0115. The van der Waals surface area contributed by atoms with Gasteiger partial charge in [0.2, 0.25) is 0 Å². The predicted octanol–water partition coefficient (Wildman–Crippen LogP) is 3.44. The molecule has 21 heavy (non-hydrogen) atoms. The first-order valence-electron chi connectivity index (χ1n) is 6.18. The lowest BCUT2D eigenvalue weighted by molar-refractivity contribution is 0.0699. The van der Waals surface area contributed by atoms with Gasteiger partial charge in [-0.2, -0.15) is 0 Å². The Kier molecular flexibility index (Phi) is 3.02. The molecular formula is C16H10FNO3. The van der Waals surface area contributed by atoms with Gasteiger partial charge in [-0.1, -0.05) is 12.1 Å². The van der Waals surface area contributed by atoms with Gasteiger partial charge in [0.1, 0.15) is 17.1 Å². The van der Waals surface area contributed by atoms with Crippen molar-refractivity contribution in [1.29, 1.82) is 0 Å². The van der Waals surface area contributed by atoms with Gasteiger partial charge in [-0.15, -0.1) is 0 Å². The molecule has 0 radical (unpaired) electrons. The highest BCUT2D eigenvalue weighted by molar-refractivity contribution is 6.03. The van der Waals surface area contributed by atoms with Gasteiger partial charge < -0.3 is 10.2 Å². The molecule has 0 amide bonds. The number of benzene rings is 2. The number of rotatable bonds is 2. The second-order valence-electron chi connectivity index (χ2n) is 4.54. The fraction of sp³-hybridized carbons (Fsp3) is 0. The summed E-state index contributed by atoms with van der Waals surface area (Å²) in [5, 5.41) is 18.8. The van der Waals surface area contributed by atoms with Gasteiger partial charge in [0, 0.05) is 10.9 Å². The maximum absolute atomic E-state index is 13.9. The first-order chi connectivity index (χ1) is 10.1. The molecule has 0 bridgehead atoms. The van der Waals surface area contributed by atoms with E-state index in [9.17, 15) is 19.4 Å². The van der Waals surface area contributed by atoms with Crippen LogP contribution in [0.25, 0.3) is 22.2 Å². The van der Waals surface area contributed by atoms with E-state index < -0.39 is 11.8 Å². The molecule has 0 aliphatic rings. The normalized spacial score (nSPS) is 10.7. The smallest absolute Gasteiger partial charge is 0.336 e. The number of hydrogen-bond acceptors (Lipinski definition) is 3. The van der Waals surface area contributed by atoms with Gasteiger partial charge in [-0.3, -0.25) is 0 Å². The molecule has 0 spiro atoms. The molecule has 3 rings (SSSR count). The van der Waals surface area contributed by atoms with Gasteiger partial charge in [0.05, 0.1) is 11.3 Å². The van der Waals surface area contributed by atoms with Crippen LogP contribution in [-0.4, -0.2) is 21.2 Å². The second-order valence-corrected chi connectivity index (χ2v) is 4.54. The highest BCUT2D eigenvalue weighted by atomic mass is 19.1. The Morgan fingerprint density at radius 3 is 2.48 bits per heavy atom. The number of carboxylic acid groups (broad SMARTS) is 1. The number of phenols is 1. The van der Waals surface area contributed by atoms with Crippen molar-refractivity contribution in [3.63, 3.8) is 0 Å². The molecule has 104 valence electrons. The Morgan fingerprint density at radius 1 is 1.10 bits per heavy atom. The molecule has 0 unspecified atom stereocenters. The van der Waals surface area contributed by atoms with Crippen molar-refractivity contribution < 1.29 is 19.4 Å². The predicted molar refractivity (Wildman–Crippen MR) is 75.8 cm³/mol. The molecule has 0 aliphatic carbocycles. The zero-order valence-electron chi connectivity index (χ0n) is 10.7. The van der Waals surface area contributed by atoms with E-state index >= 15 is 0 Å². The molecule has 5 heteroatoms. The molecule has 1 heterocycles. The second kappa shape index (κ2) is 4.86. The summed E-state index contributed by atoms with van der Waals surface area (Å²) in [6.45, 7) is 0. The molecule has 2 aromatic carbocycles. The molecule has 2 N–H and O–H groups in total. The van der Waals surface area contributed by atoms with Crippen molar-refractivity contribution in [2.45, 2.75) is 0 Å². The lowest BCUT2D eigenvalue weighted by atomic mass is 10.0. The standard InChI is InChI=1S/C16H10FNO3/c17-13-3-1-2-11-12(16(20)21)8-14(18-15(11)13)9-4-6-10(19)7-5-9/h1-8,19H,(H,20,21). The topological polar surface area (TPSA) is 70.4 Å². The molecule has 3 aromatic rings. The summed E-state index contributed by atoms with van der Waals surface area (Å²) in [7, 11) is 0. The van der Waals surface area contributed by atoms with E-state index in [-0.39, 0.29) is 22.2 Å². The number of halogens is 1. The van der Waals surface area contributed by atoms with Gasteiger partial charge in [-0.05, 0) is 36.4 Å². The number of aromatic hydroxyl groups is 1. The largest absolute Gasteiger partial charge is 0.508 e. The van der Waals surface area contributed by atoms with Crippen molar-refractivity contribution in [3.8, 4) is 17.0 Å². The Bertz CT molecular complexity index is 844. The molecule has 4 nitrogen and oxygen atoms in total. The number of para-hydroxylation sites is 1. The van der Waals surface area contributed by atoms with E-state index in [2.05, 4.69) is 4.98 Å². The zero-order valence-corrected chi connectivity index (χ0v) is 10.7. The van der Waals surface area contributed by atoms with Crippen LogP contribution in [-0.2, 0) is 0 Å². The van der Waals surface area contributed by atoms with Gasteiger partial charge in [0.15, 0.2) is 0 Å². The first-order valence-corrected chi connectivity index (χ1v) is 6.18. The van der Waals surface area contributed by atoms with Gasteiger partial charge >= 0.3 is 5.97 Å². The summed E-state index contributed by atoms with van der Waals surface area (Å²) >= 11 is 0. The Morgan fingerprint density at radius 2 is 1.81 bits per heavy atom. The lowest BCUT2D eigenvalue weighted by Gasteiger charge is -2.08. The maximum Gasteiger partial charge on any atom is 0.336 e. The third-order valence-electron chi connectivity index (χ3n) is 3.18. The number of aromatic carboxylic acids is 1. The monoisotopic (exact) mass is 283 g/mol. The fourth-order valence-electron chi connectivity index (χ4n) is 2.17. The number of aromatic nitrogens is 1. The van der Waals surface area contributed by atoms with Crippen LogP contribution in [0.15, 0.2) is 48.5 Å². The summed E-state index contributed by atoms with van der Waals surface area (Å²) in [6, 6.07) is 11.7. The molecule has 1 aromatic heterocycles. The summed E-state index contributed by atoms with van der Waals surface area (Å²) in [5.74, 6) is -1.63. The van der Waals surface area contributed by atoms with Crippen molar-refractivity contribution in [3.05, 3.63) is 59.9 Å². The van der Waals surface area contributed by atoms with Crippen LogP contribution in [0, 0.1) is 5.82 Å². The zero-order chi connectivity index (χ0) is 15.0. The number of nitrogens with zero attached hydrogens (tertiary/aromatic N) is 1. The quantitative estimate of drug-likeness (QED) is 0.755. The maximum atomic E-state index is 13.9. The minimum Gasteiger partial charge on any atom is -0.508 e. The summed E-state index contributed by atoms with van der Waals surface area (Å²) in [5.41, 5.74) is 0.938. The van der Waals surface area contributed by atoms with E-state index in [1.54, 1.807) is 12.1 Å². The number of hydrogen-bond donors (Lipinski definition) is 2. The Hall–Kier alpha value is -2.95. The number of pyridine rings is 1. The van der Waals surface area contributed by atoms with Crippen LogP contribution < -0.4 is 0 Å². The molecule has 0 atom stereocenters. The molecule has 0 aliphatic heterocycles. The van der Waals surface area contributed by atoms with Crippen molar-refractivity contribution in [1.82, 2.24) is 4.98 Å². The van der Waals surface area contributed by atoms with Crippen molar-refractivity contribution in [2.24, 2.45) is 0 Å². The third-order valence-corrected chi connectivity index (χ3v) is 3.18. The van der Waals surface area contributed by atoms with Crippen LogP contribution in [0.1, 0.15) is 10.4 Å². The van der Waals surface area contributed by atoms with Crippen LogP contribution in [0.5, 0.6) is 5.75 Å². The van der Waals surface area contributed by atoms with Crippen LogP contribution >= 0.6 is 0 Å². The summed E-state index contributed by atoms with van der Waals surface area (Å²) < 4.78 is 13.9. The number of carboxylic acids is 1. The van der Waals surface area contributed by atoms with Crippen LogP contribution in [0.2, 0.25) is 0 Å². The van der Waals surface area contributed by atoms with E-state index in [1.165, 1.54) is 36.4 Å². The number of phenolic OH excluding ortho intramolecular Hbond substituents is 1. The van der Waals surface area contributed by atoms with Crippen molar-refractivity contribution >= 4 is 16.9 Å². The van der Waals surface area contributed by atoms with Crippen molar-refractivity contribution in [2.75, 3.05) is 0 Å². The molecule has 0 saturated carbocycles. The van der Waals surface area contributed by atoms with E-state index in [4.69, 9.17) is 0 Å². The SMILES string of the molecule is O=C(O)c1cc(-c2ccc(O)cc2)nc2c(F)cccc12. The lowest BCUT2D eigenvalue weighted by Crippen LogP contribution is -2.01. The third kappa shape index (κ3) is 2.29. The highest BCUT2D eigenvalue weighted by Crippen LogP contribution is 2.27. The Balaban J connectivity index is 2.32. The summed E-state index contributed by atoms with van der Waals surface area (Å²) in [4.78, 5) is 15.6. The molecule has 0 fully saturated rings. The van der Waals surface area contributed by atoms with Crippen LogP contribution in [0.4, 0.5) is 4.39 Å². The molecule has 0 saturated heterocycles.